The molecule has 0 spiro atoms. The summed E-state index contributed by atoms with van der Waals surface area (Å²) in [6.45, 7) is 0.830. The molecule has 0 aromatic heterocycles. The number of fused-ring (bicyclic) bond motifs is 1. The Labute approximate surface area is 136 Å². The zero-order chi connectivity index (χ0) is 16.4. The van der Waals surface area contributed by atoms with E-state index in [-0.39, 0.29) is 18.0 Å². The molecule has 1 heterocycles. The molecule has 0 saturated heterocycles. The number of ether oxygens (including phenoxy) is 2. The Morgan fingerprint density at radius 2 is 1.91 bits per heavy atom. The van der Waals surface area contributed by atoms with Crippen molar-refractivity contribution < 1.29 is 23.0 Å². The third-order valence-electron chi connectivity index (χ3n) is 3.22. The summed E-state index contributed by atoms with van der Waals surface area (Å²) in [5.74, 6) is -1.43. The maximum absolute atomic E-state index is 13.1. The van der Waals surface area contributed by atoms with Crippen molar-refractivity contribution in [3.63, 3.8) is 0 Å². The van der Waals surface area contributed by atoms with Gasteiger partial charge < -0.3 is 14.8 Å². The van der Waals surface area contributed by atoms with Gasteiger partial charge in [-0.1, -0.05) is 11.6 Å². The van der Waals surface area contributed by atoms with E-state index in [9.17, 15) is 13.6 Å². The largest absolute Gasteiger partial charge is 0.486 e. The molecular weight excluding hydrogens is 328 g/mol. The van der Waals surface area contributed by atoms with E-state index in [1.54, 1.807) is 12.1 Å². The van der Waals surface area contributed by atoms with Crippen LogP contribution in [-0.4, -0.2) is 19.1 Å². The van der Waals surface area contributed by atoms with Gasteiger partial charge in [0.1, 0.15) is 13.2 Å². The van der Waals surface area contributed by atoms with E-state index >= 15 is 0 Å². The molecule has 1 aliphatic heterocycles. The molecule has 0 saturated carbocycles. The van der Waals surface area contributed by atoms with Crippen molar-refractivity contribution in [2.24, 2.45) is 0 Å². The second-order valence-electron chi connectivity index (χ2n) is 4.96. The van der Waals surface area contributed by atoms with Crippen molar-refractivity contribution >= 4 is 23.2 Å². The van der Waals surface area contributed by atoms with Crippen LogP contribution in [0.25, 0.3) is 0 Å². The van der Waals surface area contributed by atoms with Crippen molar-refractivity contribution in [3.05, 3.63) is 52.6 Å². The molecule has 0 unspecified atom stereocenters. The summed E-state index contributed by atoms with van der Waals surface area (Å²) in [4.78, 5) is 12.0. The summed E-state index contributed by atoms with van der Waals surface area (Å²) in [5.41, 5.74) is 0.803. The minimum absolute atomic E-state index is 0.00928. The number of amides is 1. The minimum Gasteiger partial charge on any atom is -0.486 e. The van der Waals surface area contributed by atoms with Crippen LogP contribution >= 0.6 is 11.6 Å². The average molecular weight is 340 g/mol. The molecule has 1 aliphatic rings. The fourth-order valence-electron chi connectivity index (χ4n) is 2.23. The number of benzene rings is 2. The molecule has 2 aromatic carbocycles. The highest BCUT2D eigenvalue weighted by molar-refractivity contribution is 6.32. The van der Waals surface area contributed by atoms with Crippen LogP contribution in [0.15, 0.2) is 30.3 Å². The quantitative estimate of drug-likeness (QED) is 0.930. The van der Waals surface area contributed by atoms with E-state index in [2.05, 4.69) is 5.32 Å². The predicted octanol–water partition coefficient (Wildman–Crippen LogP) is 3.57. The van der Waals surface area contributed by atoms with Gasteiger partial charge in [0.15, 0.2) is 23.1 Å². The molecule has 23 heavy (non-hydrogen) atoms. The fourth-order valence-corrected chi connectivity index (χ4v) is 2.52. The highest BCUT2D eigenvalue weighted by Gasteiger charge is 2.17. The topological polar surface area (TPSA) is 47.6 Å². The third kappa shape index (κ3) is 3.53. The maximum atomic E-state index is 13.1. The molecule has 3 rings (SSSR count). The zero-order valence-corrected chi connectivity index (χ0v) is 12.6. The van der Waals surface area contributed by atoms with Crippen molar-refractivity contribution in [1.82, 2.24) is 0 Å². The van der Waals surface area contributed by atoms with Crippen LogP contribution in [0.3, 0.4) is 0 Å². The van der Waals surface area contributed by atoms with Crippen LogP contribution in [-0.2, 0) is 11.2 Å². The van der Waals surface area contributed by atoms with E-state index in [0.717, 1.165) is 12.1 Å². The average Bonchev–Trinajstić information content (AvgIpc) is 2.51. The maximum Gasteiger partial charge on any atom is 0.228 e. The van der Waals surface area contributed by atoms with Crippen LogP contribution in [0.2, 0.25) is 5.02 Å². The first-order valence-electron chi connectivity index (χ1n) is 6.86. The number of carbonyl (C=O) groups is 1. The van der Waals surface area contributed by atoms with E-state index < -0.39 is 11.6 Å². The Hall–Kier alpha value is -2.34. The number of carbonyl (C=O) groups excluding carboxylic acids is 1. The second-order valence-corrected chi connectivity index (χ2v) is 5.36. The van der Waals surface area contributed by atoms with Gasteiger partial charge in [0.05, 0.1) is 11.4 Å². The summed E-state index contributed by atoms with van der Waals surface area (Å²) >= 11 is 6.10. The summed E-state index contributed by atoms with van der Waals surface area (Å²) < 4.78 is 36.8. The Kier molecular flexibility index (Phi) is 4.34. The fraction of sp³-hybridized carbons (Fsp3) is 0.188. The Balaban J connectivity index is 1.72. The Bertz CT molecular complexity index is 767. The summed E-state index contributed by atoms with van der Waals surface area (Å²) in [7, 11) is 0. The lowest BCUT2D eigenvalue weighted by Crippen LogP contribution is -2.17. The Morgan fingerprint density at radius 1 is 1.13 bits per heavy atom. The van der Waals surface area contributed by atoms with Gasteiger partial charge in [0.2, 0.25) is 5.91 Å². The third-order valence-corrected chi connectivity index (χ3v) is 3.51. The molecule has 0 fully saturated rings. The molecule has 2 aromatic rings. The molecule has 0 bridgehead atoms. The van der Waals surface area contributed by atoms with Crippen molar-refractivity contribution in [2.75, 3.05) is 18.5 Å². The van der Waals surface area contributed by atoms with Gasteiger partial charge in [0.25, 0.3) is 0 Å². The van der Waals surface area contributed by atoms with Crippen molar-refractivity contribution in [1.29, 1.82) is 0 Å². The molecule has 1 amide bonds. The lowest BCUT2D eigenvalue weighted by Gasteiger charge is -2.20. The molecule has 0 atom stereocenters. The highest BCUT2D eigenvalue weighted by atomic mass is 35.5. The molecule has 120 valence electrons. The lowest BCUT2D eigenvalue weighted by molar-refractivity contribution is -0.115. The van der Waals surface area contributed by atoms with Gasteiger partial charge >= 0.3 is 0 Å². The number of rotatable bonds is 3. The minimum atomic E-state index is -1.02. The SMILES string of the molecule is O=C(Cc1cc(Cl)c2c(c1)OCCO2)Nc1ccc(F)c(F)c1. The van der Waals surface area contributed by atoms with Crippen LogP contribution < -0.4 is 14.8 Å². The monoisotopic (exact) mass is 339 g/mol. The predicted molar refractivity (Wildman–Crippen MR) is 81.1 cm³/mol. The number of hydrogen-bond donors (Lipinski definition) is 1. The molecule has 0 aliphatic carbocycles. The molecular formula is C16H12ClF2NO3. The first-order valence-corrected chi connectivity index (χ1v) is 7.23. The van der Waals surface area contributed by atoms with E-state index in [1.807, 2.05) is 0 Å². The number of nitrogens with one attached hydrogen (secondary N) is 1. The van der Waals surface area contributed by atoms with Gasteiger partial charge in [-0.15, -0.1) is 0 Å². The summed E-state index contributed by atoms with van der Waals surface area (Å²) in [6.07, 6.45) is 0.00928. The van der Waals surface area contributed by atoms with Crippen LogP contribution in [0.4, 0.5) is 14.5 Å². The molecule has 1 N–H and O–H groups in total. The van der Waals surface area contributed by atoms with Gasteiger partial charge in [-0.2, -0.15) is 0 Å². The van der Waals surface area contributed by atoms with Gasteiger partial charge in [-0.25, -0.2) is 8.78 Å². The zero-order valence-electron chi connectivity index (χ0n) is 11.9. The van der Waals surface area contributed by atoms with E-state index in [4.69, 9.17) is 21.1 Å². The van der Waals surface area contributed by atoms with Crippen molar-refractivity contribution in [3.8, 4) is 11.5 Å². The van der Waals surface area contributed by atoms with Gasteiger partial charge in [-0.3, -0.25) is 4.79 Å². The first-order chi connectivity index (χ1) is 11.0. The number of hydrogen-bond acceptors (Lipinski definition) is 3. The van der Waals surface area contributed by atoms with Crippen LogP contribution in [0.1, 0.15) is 5.56 Å². The molecule has 4 nitrogen and oxygen atoms in total. The normalized spacial score (nSPS) is 12.8. The summed E-state index contributed by atoms with van der Waals surface area (Å²) in [5, 5.41) is 2.86. The Morgan fingerprint density at radius 3 is 2.70 bits per heavy atom. The number of anilines is 1. The van der Waals surface area contributed by atoms with Crippen molar-refractivity contribution in [2.45, 2.75) is 6.42 Å². The first kappa shape index (κ1) is 15.6. The lowest BCUT2D eigenvalue weighted by atomic mass is 10.1. The molecule has 7 heteroatoms. The van der Waals surface area contributed by atoms with Crippen LogP contribution in [0.5, 0.6) is 11.5 Å². The standard InChI is InChI=1S/C16H12ClF2NO3/c17-11-5-9(6-14-16(11)23-4-3-22-14)7-15(21)20-10-1-2-12(18)13(19)8-10/h1-2,5-6,8H,3-4,7H2,(H,20,21). The van der Waals surface area contributed by atoms with Crippen LogP contribution in [0, 0.1) is 11.6 Å². The van der Waals surface area contributed by atoms with E-state index in [0.29, 0.717) is 35.3 Å². The second kappa shape index (κ2) is 6.42. The smallest absolute Gasteiger partial charge is 0.228 e. The molecule has 0 radical (unpaired) electrons. The van der Waals surface area contributed by atoms with Gasteiger partial charge in [-0.05, 0) is 29.8 Å². The van der Waals surface area contributed by atoms with E-state index in [1.165, 1.54) is 6.07 Å². The highest BCUT2D eigenvalue weighted by Crippen LogP contribution is 2.38. The number of halogens is 3. The summed E-state index contributed by atoms with van der Waals surface area (Å²) in [6, 6.07) is 6.44. The van der Waals surface area contributed by atoms with Gasteiger partial charge in [0, 0.05) is 11.8 Å².